The van der Waals surface area contributed by atoms with Crippen molar-refractivity contribution in [3.05, 3.63) is 35.3 Å². The summed E-state index contributed by atoms with van der Waals surface area (Å²) in [6.07, 6.45) is 2.28. The Bertz CT molecular complexity index is 1230. The summed E-state index contributed by atoms with van der Waals surface area (Å²) in [5.74, 6) is -0.0491. The van der Waals surface area contributed by atoms with Crippen molar-refractivity contribution in [1.29, 1.82) is 0 Å². The largest absolute Gasteiger partial charge is 0.477 e. The summed E-state index contributed by atoms with van der Waals surface area (Å²) in [6.45, 7) is 19.1. The van der Waals surface area contributed by atoms with E-state index in [9.17, 15) is 13.4 Å². The van der Waals surface area contributed by atoms with E-state index in [1.165, 1.54) is 18.3 Å². The lowest BCUT2D eigenvalue weighted by atomic mass is 9.92. The Morgan fingerprint density at radius 2 is 1.78 bits per heavy atom. The van der Waals surface area contributed by atoms with Crippen LogP contribution in [0, 0.1) is 5.82 Å². The topological polar surface area (TPSA) is 97.6 Å². The molecule has 0 bridgehead atoms. The van der Waals surface area contributed by atoms with E-state index in [0.29, 0.717) is 35.8 Å². The Balaban J connectivity index is 2.11. The van der Waals surface area contributed by atoms with Crippen LogP contribution in [-0.4, -0.2) is 34.9 Å². The van der Waals surface area contributed by atoms with Gasteiger partial charge in [0, 0.05) is 18.7 Å². The predicted molar refractivity (Wildman–Crippen MR) is 145 cm³/mol. The van der Waals surface area contributed by atoms with Crippen molar-refractivity contribution in [3.8, 4) is 5.88 Å². The summed E-state index contributed by atoms with van der Waals surface area (Å²) in [7, 11) is -5.96. The molecule has 1 aliphatic rings. The molecule has 8 nitrogen and oxygen atoms in total. The van der Waals surface area contributed by atoms with Crippen molar-refractivity contribution < 1.29 is 18.1 Å². The molecule has 0 spiro atoms. The molecule has 2 aromatic rings. The van der Waals surface area contributed by atoms with Crippen molar-refractivity contribution in [1.82, 2.24) is 14.5 Å². The number of anilines is 1. The summed E-state index contributed by atoms with van der Waals surface area (Å²) < 4.78 is 44.0. The van der Waals surface area contributed by atoms with E-state index in [2.05, 4.69) is 35.9 Å². The highest BCUT2D eigenvalue weighted by Gasteiger charge is 2.39. The minimum absolute atomic E-state index is 0.0362. The Morgan fingerprint density at radius 3 is 2.31 bits per heavy atom. The number of benzene rings is 1. The number of aromatic nitrogens is 2. The van der Waals surface area contributed by atoms with Crippen LogP contribution in [0.15, 0.2) is 27.3 Å². The Labute approximate surface area is 215 Å². The molecule has 1 unspecified atom stereocenters. The summed E-state index contributed by atoms with van der Waals surface area (Å²) in [5.41, 5.74) is 1.88. The van der Waals surface area contributed by atoms with E-state index in [1.54, 1.807) is 4.68 Å². The van der Waals surface area contributed by atoms with Gasteiger partial charge < -0.3 is 10.1 Å². The Kier molecular flexibility index (Phi) is 7.95. The predicted octanol–water partition coefficient (Wildman–Crippen LogP) is 6.62. The maximum absolute atomic E-state index is 14.6. The first kappa shape index (κ1) is 28.2. The monoisotopic (exact) mass is 537 g/mol. The molecule has 1 atom stereocenters. The molecule has 1 aliphatic heterocycles. The van der Waals surface area contributed by atoms with Gasteiger partial charge in [-0.2, -0.15) is 5.10 Å². The Hall–Kier alpha value is -2.40. The zero-order valence-electron chi connectivity index (χ0n) is 22.9. The quantitative estimate of drug-likeness (QED) is 0.405. The molecule has 2 heterocycles. The first-order chi connectivity index (χ1) is 16.6. The lowest BCUT2D eigenvalue weighted by Gasteiger charge is -2.33. The average molecular weight is 538 g/mol. The molecule has 36 heavy (non-hydrogen) atoms. The summed E-state index contributed by atoms with van der Waals surface area (Å²) >= 11 is 0. The van der Waals surface area contributed by atoms with Gasteiger partial charge in [0.2, 0.25) is 5.88 Å². The zero-order valence-corrected chi connectivity index (χ0v) is 24.7. The molecule has 1 aromatic heterocycles. The van der Waals surface area contributed by atoms with Crippen LogP contribution < -0.4 is 14.8 Å². The van der Waals surface area contributed by atoms with Gasteiger partial charge in [0.15, 0.2) is 18.2 Å². The molecule has 0 radical (unpaired) electrons. The van der Waals surface area contributed by atoms with Crippen molar-refractivity contribution >= 4 is 29.9 Å². The van der Waals surface area contributed by atoms with Crippen molar-refractivity contribution in [3.63, 3.8) is 0 Å². The van der Waals surface area contributed by atoms with Crippen molar-refractivity contribution in [2.75, 3.05) is 11.9 Å². The van der Waals surface area contributed by atoms with E-state index in [1.807, 2.05) is 40.8 Å². The molecule has 11 heteroatoms. The first-order valence-corrected chi connectivity index (χ1v) is 16.9. The number of urea groups is 1. The SMILES string of the molecule is CC(C)c1cc(F)cc(C(C)C)c1NC(=O)NS(=O)(=N[Si](C)(C)C(C)(C)C)c1cnn2c1OCCC2. The number of nitrogens with one attached hydrogen (secondary N) is 2. The summed E-state index contributed by atoms with van der Waals surface area (Å²) in [5, 5.41) is 7.01. The highest BCUT2D eigenvalue weighted by Crippen LogP contribution is 2.39. The standard InChI is InChI=1S/C25H40FN5O3SSi/c1-16(2)19-13-18(26)14-20(17(3)4)22(19)28-24(32)29-35(33,30-36(8,9)25(5,6)7)21-15-27-31-11-10-12-34-23(21)31/h13-17H,10-12H2,1-9H3,(H2,28,29,30,32,33). The third-order valence-corrected chi connectivity index (χ3v) is 14.7. The second-order valence-electron chi connectivity index (χ2n) is 11.5. The van der Waals surface area contributed by atoms with Crippen LogP contribution in [-0.2, 0) is 16.5 Å². The van der Waals surface area contributed by atoms with Crippen LogP contribution in [0.2, 0.25) is 18.1 Å². The highest BCUT2D eigenvalue weighted by atomic mass is 32.2. The number of ether oxygens (including phenoxy) is 1. The second kappa shape index (κ2) is 10.2. The van der Waals surface area contributed by atoms with Crippen LogP contribution in [0.25, 0.3) is 0 Å². The van der Waals surface area contributed by atoms with Gasteiger partial charge in [-0.15, -0.1) is 0 Å². The number of amides is 2. The van der Waals surface area contributed by atoms with Crippen LogP contribution in [0.1, 0.15) is 77.8 Å². The van der Waals surface area contributed by atoms with Crippen molar-refractivity contribution in [2.24, 2.45) is 4.03 Å². The number of carbonyl (C=O) groups is 1. The molecule has 0 saturated carbocycles. The highest BCUT2D eigenvalue weighted by molar-refractivity contribution is 7.93. The molecule has 2 N–H and O–H groups in total. The van der Waals surface area contributed by atoms with Gasteiger partial charge in [0.25, 0.3) is 0 Å². The summed E-state index contributed by atoms with van der Waals surface area (Å²) in [6, 6.07) is 2.20. The lowest BCUT2D eigenvalue weighted by molar-refractivity contribution is 0.224. The lowest BCUT2D eigenvalue weighted by Crippen LogP contribution is -2.41. The van der Waals surface area contributed by atoms with E-state index in [0.717, 1.165) is 6.42 Å². The maximum Gasteiger partial charge on any atom is 0.331 e. The van der Waals surface area contributed by atoms with Gasteiger partial charge in [0.05, 0.1) is 12.8 Å². The molecular weight excluding hydrogens is 497 g/mol. The molecule has 0 saturated heterocycles. The van der Waals surface area contributed by atoms with Crippen LogP contribution in [0.4, 0.5) is 14.9 Å². The smallest absolute Gasteiger partial charge is 0.331 e. The molecule has 2 amide bonds. The fourth-order valence-corrected chi connectivity index (χ4v) is 9.04. The number of hydrogen-bond acceptors (Lipinski definition) is 5. The van der Waals surface area contributed by atoms with Gasteiger partial charge in [-0.1, -0.05) is 48.5 Å². The number of carbonyl (C=O) groups excluding carboxylic acids is 1. The molecule has 0 aliphatic carbocycles. The maximum atomic E-state index is 14.6. The minimum Gasteiger partial charge on any atom is -0.477 e. The van der Waals surface area contributed by atoms with Gasteiger partial charge >= 0.3 is 6.03 Å². The van der Waals surface area contributed by atoms with E-state index in [-0.39, 0.29) is 27.6 Å². The number of aryl methyl sites for hydroxylation is 1. The van der Waals surface area contributed by atoms with Crippen molar-refractivity contribution in [2.45, 2.75) is 96.3 Å². The van der Waals surface area contributed by atoms with Gasteiger partial charge in [-0.25, -0.2) is 22.8 Å². The molecule has 1 aromatic carbocycles. The average Bonchev–Trinajstić information content (AvgIpc) is 3.18. The van der Waals surface area contributed by atoms with Crippen LogP contribution >= 0.6 is 0 Å². The third-order valence-electron chi connectivity index (χ3n) is 6.88. The molecular formula is C25H40FN5O3SSi. The molecule has 0 fully saturated rings. The number of rotatable bonds is 6. The third kappa shape index (κ3) is 5.77. The molecule has 3 rings (SSSR count). The number of fused-ring (bicyclic) bond motifs is 1. The number of nitrogens with zero attached hydrogens (tertiary/aromatic N) is 3. The van der Waals surface area contributed by atoms with Gasteiger partial charge in [0.1, 0.15) is 10.7 Å². The number of hydrogen-bond donors (Lipinski definition) is 2. The van der Waals surface area contributed by atoms with Gasteiger partial charge in [-0.05, 0) is 53.2 Å². The normalized spacial score (nSPS) is 15.8. The fourth-order valence-electron chi connectivity index (χ4n) is 3.79. The Morgan fingerprint density at radius 1 is 1.19 bits per heavy atom. The van der Waals surface area contributed by atoms with E-state index in [4.69, 9.17) is 8.77 Å². The fraction of sp³-hybridized carbons (Fsp3) is 0.600. The molecule has 200 valence electrons. The van der Waals surface area contributed by atoms with E-state index < -0.39 is 24.2 Å². The summed E-state index contributed by atoms with van der Waals surface area (Å²) in [4.78, 5) is 13.7. The zero-order chi connectivity index (χ0) is 27.1. The van der Waals surface area contributed by atoms with Crippen LogP contribution in [0.5, 0.6) is 5.88 Å². The van der Waals surface area contributed by atoms with E-state index >= 15 is 0 Å². The van der Waals surface area contributed by atoms with Crippen LogP contribution in [0.3, 0.4) is 0 Å². The first-order valence-electron chi connectivity index (χ1n) is 12.4. The van der Waals surface area contributed by atoms with Gasteiger partial charge in [-0.3, -0.25) is 4.03 Å². The number of halogens is 1. The minimum atomic E-state index is -3.46. The second-order valence-corrected chi connectivity index (χ2v) is 18.5.